The number of nitrogens with zero attached hydrogens (tertiary/aromatic N) is 4. The largest absolute Gasteiger partial charge is 0.340 e. The monoisotopic (exact) mass is 294 g/mol. The summed E-state index contributed by atoms with van der Waals surface area (Å²) in [6, 6.07) is 4.50. The summed E-state index contributed by atoms with van der Waals surface area (Å²) in [5.41, 5.74) is 1.45. The van der Waals surface area contributed by atoms with Gasteiger partial charge in [-0.1, -0.05) is 5.16 Å². The Morgan fingerprint density at radius 2 is 2.20 bits per heavy atom. The van der Waals surface area contributed by atoms with Gasteiger partial charge in [0.25, 0.3) is 0 Å². The lowest BCUT2D eigenvalue weighted by Crippen LogP contribution is -2.06. The molecule has 0 atom stereocenters. The molecule has 0 aliphatic carbocycles. The van der Waals surface area contributed by atoms with E-state index in [2.05, 4.69) is 15.1 Å². The highest BCUT2D eigenvalue weighted by Gasteiger charge is 2.12. The predicted molar refractivity (Wildman–Crippen MR) is 72.0 cm³/mol. The van der Waals surface area contributed by atoms with Crippen LogP contribution >= 0.6 is 11.6 Å². The molecular weight excluding hydrogens is 283 g/mol. The van der Waals surface area contributed by atoms with Crippen LogP contribution in [0.4, 0.5) is 4.39 Å². The zero-order chi connectivity index (χ0) is 14.1. The Bertz CT molecular complexity index is 752. The van der Waals surface area contributed by atoms with E-state index in [1.165, 1.54) is 12.1 Å². The van der Waals surface area contributed by atoms with Crippen molar-refractivity contribution in [3.05, 3.63) is 41.6 Å². The van der Waals surface area contributed by atoms with Gasteiger partial charge >= 0.3 is 0 Å². The Morgan fingerprint density at radius 3 is 2.90 bits per heavy atom. The van der Waals surface area contributed by atoms with Crippen LogP contribution in [-0.2, 0) is 18.8 Å². The standard InChI is InChI=1S/C13H12ClFN4O/c1-8-16-12(18-20-8)4-5-19-11-6-9(15)2-3-10(11)17-13(19)7-14/h2-3,6H,4-5,7H2,1H3. The molecule has 0 radical (unpaired) electrons. The zero-order valence-electron chi connectivity index (χ0n) is 10.8. The van der Waals surface area contributed by atoms with Gasteiger partial charge in [0.15, 0.2) is 5.82 Å². The fourth-order valence-electron chi connectivity index (χ4n) is 2.15. The summed E-state index contributed by atoms with van der Waals surface area (Å²) in [6.45, 7) is 2.31. The second kappa shape index (κ2) is 5.20. The van der Waals surface area contributed by atoms with Crippen LogP contribution in [0.25, 0.3) is 11.0 Å². The van der Waals surface area contributed by atoms with E-state index in [0.29, 0.717) is 30.5 Å². The highest BCUT2D eigenvalue weighted by Crippen LogP contribution is 2.19. The van der Waals surface area contributed by atoms with Crippen LogP contribution in [0.3, 0.4) is 0 Å². The van der Waals surface area contributed by atoms with Crippen molar-refractivity contribution in [2.45, 2.75) is 25.8 Å². The number of fused-ring (bicyclic) bond motifs is 1. The molecule has 104 valence electrons. The summed E-state index contributed by atoms with van der Waals surface area (Å²) in [5, 5.41) is 3.84. The first-order valence-corrected chi connectivity index (χ1v) is 6.70. The Morgan fingerprint density at radius 1 is 1.35 bits per heavy atom. The molecule has 0 aliphatic heterocycles. The zero-order valence-corrected chi connectivity index (χ0v) is 11.6. The summed E-state index contributed by atoms with van der Waals surface area (Å²) in [5.74, 6) is 1.81. The van der Waals surface area contributed by atoms with Crippen LogP contribution in [0.5, 0.6) is 0 Å². The van der Waals surface area contributed by atoms with Gasteiger partial charge in [-0.05, 0) is 18.2 Å². The SMILES string of the molecule is Cc1nc(CCn2c(CCl)nc3ccc(F)cc32)no1. The summed E-state index contributed by atoms with van der Waals surface area (Å²) in [4.78, 5) is 8.53. The van der Waals surface area contributed by atoms with Gasteiger partial charge in [-0.15, -0.1) is 11.6 Å². The Hall–Kier alpha value is -1.95. The second-order valence-electron chi connectivity index (χ2n) is 4.43. The van der Waals surface area contributed by atoms with E-state index in [0.717, 1.165) is 11.0 Å². The van der Waals surface area contributed by atoms with Crippen molar-refractivity contribution in [3.8, 4) is 0 Å². The van der Waals surface area contributed by atoms with Crippen molar-refractivity contribution in [1.29, 1.82) is 0 Å². The minimum absolute atomic E-state index is 0.265. The van der Waals surface area contributed by atoms with Gasteiger partial charge in [0.05, 0.1) is 16.9 Å². The van der Waals surface area contributed by atoms with Crippen LogP contribution in [-0.4, -0.2) is 19.7 Å². The predicted octanol–water partition coefficient (Wildman–Crippen LogP) is 2.85. The van der Waals surface area contributed by atoms with E-state index in [1.807, 2.05) is 4.57 Å². The molecular formula is C13H12ClFN4O. The maximum Gasteiger partial charge on any atom is 0.223 e. The molecule has 2 heterocycles. The van der Waals surface area contributed by atoms with Crippen molar-refractivity contribution in [1.82, 2.24) is 19.7 Å². The highest BCUT2D eigenvalue weighted by atomic mass is 35.5. The molecule has 0 amide bonds. The van der Waals surface area contributed by atoms with Crippen LogP contribution in [0, 0.1) is 12.7 Å². The van der Waals surface area contributed by atoms with E-state index >= 15 is 0 Å². The molecule has 0 saturated carbocycles. The summed E-state index contributed by atoms with van der Waals surface area (Å²) in [7, 11) is 0. The quantitative estimate of drug-likeness (QED) is 0.694. The van der Waals surface area contributed by atoms with E-state index in [9.17, 15) is 4.39 Å². The van der Waals surface area contributed by atoms with Crippen molar-refractivity contribution >= 4 is 22.6 Å². The molecule has 5 nitrogen and oxygen atoms in total. The molecule has 0 bridgehead atoms. The van der Waals surface area contributed by atoms with Crippen molar-refractivity contribution in [2.24, 2.45) is 0 Å². The first-order chi connectivity index (χ1) is 9.67. The number of imidazole rings is 1. The summed E-state index contributed by atoms with van der Waals surface area (Å²) >= 11 is 5.90. The molecule has 0 N–H and O–H groups in total. The van der Waals surface area contributed by atoms with Crippen LogP contribution in [0.15, 0.2) is 22.7 Å². The third-order valence-corrected chi connectivity index (χ3v) is 3.28. The molecule has 1 aromatic carbocycles. The molecule has 0 spiro atoms. The van der Waals surface area contributed by atoms with Gasteiger partial charge in [0.2, 0.25) is 5.89 Å². The smallest absolute Gasteiger partial charge is 0.223 e. The fourth-order valence-corrected chi connectivity index (χ4v) is 2.36. The Kier molecular flexibility index (Phi) is 3.40. The molecule has 0 fully saturated rings. The maximum absolute atomic E-state index is 13.4. The lowest BCUT2D eigenvalue weighted by molar-refractivity contribution is 0.386. The summed E-state index contributed by atoms with van der Waals surface area (Å²) in [6.07, 6.45) is 0.573. The fraction of sp³-hybridized carbons (Fsp3) is 0.308. The molecule has 0 saturated heterocycles. The number of benzene rings is 1. The van der Waals surface area contributed by atoms with Crippen molar-refractivity contribution in [3.63, 3.8) is 0 Å². The first-order valence-electron chi connectivity index (χ1n) is 6.17. The number of alkyl halides is 1. The normalized spacial score (nSPS) is 11.3. The van der Waals surface area contributed by atoms with E-state index in [4.69, 9.17) is 16.1 Å². The van der Waals surface area contributed by atoms with Gasteiger partial charge in [0.1, 0.15) is 11.6 Å². The van der Waals surface area contributed by atoms with Crippen molar-refractivity contribution in [2.75, 3.05) is 0 Å². The number of hydrogen-bond acceptors (Lipinski definition) is 4. The second-order valence-corrected chi connectivity index (χ2v) is 4.69. The highest BCUT2D eigenvalue weighted by molar-refractivity contribution is 6.16. The number of hydrogen-bond donors (Lipinski definition) is 0. The first kappa shape index (κ1) is 13.1. The van der Waals surface area contributed by atoms with Gasteiger partial charge in [-0.2, -0.15) is 4.98 Å². The van der Waals surface area contributed by atoms with Gasteiger partial charge < -0.3 is 9.09 Å². The van der Waals surface area contributed by atoms with Crippen LogP contribution in [0.2, 0.25) is 0 Å². The Balaban J connectivity index is 1.94. The maximum atomic E-state index is 13.4. The lowest BCUT2D eigenvalue weighted by Gasteiger charge is -2.05. The third-order valence-electron chi connectivity index (χ3n) is 3.04. The lowest BCUT2D eigenvalue weighted by atomic mass is 10.3. The van der Waals surface area contributed by atoms with Crippen LogP contribution in [0.1, 0.15) is 17.5 Å². The number of rotatable bonds is 4. The van der Waals surface area contributed by atoms with E-state index in [1.54, 1.807) is 13.0 Å². The number of halogens is 2. The minimum Gasteiger partial charge on any atom is -0.340 e. The van der Waals surface area contributed by atoms with Gasteiger partial charge in [-0.3, -0.25) is 0 Å². The Labute approximate surface area is 119 Å². The summed E-state index contributed by atoms with van der Waals surface area (Å²) < 4.78 is 20.2. The average molecular weight is 295 g/mol. The molecule has 7 heteroatoms. The average Bonchev–Trinajstić information content (AvgIpc) is 2.99. The molecule has 3 rings (SSSR count). The van der Waals surface area contributed by atoms with Gasteiger partial charge in [-0.25, -0.2) is 9.37 Å². The van der Waals surface area contributed by atoms with Crippen LogP contribution < -0.4 is 0 Å². The molecule has 2 aromatic heterocycles. The molecule has 3 aromatic rings. The molecule has 0 aliphatic rings. The van der Waals surface area contributed by atoms with E-state index in [-0.39, 0.29) is 11.7 Å². The molecule has 0 unspecified atom stereocenters. The van der Waals surface area contributed by atoms with E-state index < -0.39 is 0 Å². The topological polar surface area (TPSA) is 56.7 Å². The minimum atomic E-state index is -0.296. The molecule has 20 heavy (non-hydrogen) atoms. The van der Waals surface area contributed by atoms with Gasteiger partial charge in [0, 0.05) is 19.9 Å². The number of aryl methyl sites for hydroxylation is 3. The van der Waals surface area contributed by atoms with Crippen molar-refractivity contribution < 1.29 is 8.91 Å². The third kappa shape index (κ3) is 2.38. The number of aromatic nitrogens is 4.